The molecule has 0 bridgehead atoms. The van der Waals surface area contributed by atoms with Gasteiger partial charge in [-0.25, -0.2) is 4.98 Å². The van der Waals surface area contributed by atoms with Gasteiger partial charge in [0.2, 0.25) is 0 Å². The van der Waals surface area contributed by atoms with E-state index in [9.17, 15) is 0 Å². The number of anilines is 1. The molecule has 1 aromatic carbocycles. The molecule has 0 saturated carbocycles. The number of hydrogen-bond acceptors (Lipinski definition) is 2. The van der Waals surface area contributed by atoms with Crippen molar-refractivity contribution in [3.05, 3.63) is 35.7 Å². The molecule has 0 unspecified atom stereocenters. The zero-order valence-electron chi connectivity index (χ0n) is 10.8. The molecule has 1 aromatic heterocycles. The maximum atomic E-state index is 6.15. The van der Waals surface area contributed by atoms with Gasteiger partial charge in [0.15, 0.2) is 0 Å². The van der Waals surface area contributed by atoms with Gasteiger partial charge in [0.1, 0.15) is 17.3 Å². The van der Waals surface area contributed by atoms with Gasteiger partial charge in [-0.3, -0.25) is 0 Å². The van der Waals surface area contributed by atoms with Crippen LogP contribution >= 0.6 is 0 Å². The first-order chi connectivity index (χ1) is 8.67. The SMILES string of the molecule is C#CCn1c(CC)nc(-c2cccc(C)c2)c1N. The Bertz CT molecular complexity index is 603. The number of nitrogen functional groups attached to an aromatic ring is 1. The quantitative estimate of drug-likeness (QED) is 0.837. The van der Waals surface area contributed by atoms with E-state index >= 15 is 0 Å². The average Bonchev–Trinajstić information content (AvgIpc) is 2.67. The number of rotatable bonds is 3. The molecule has 0 aliphatic heterocycles. The summed E-state index contributed by atoms with van der Waals surface area (Å²) >= 11 is 0. The van der Waals surface area contributed by atoms with Crippen LogP contribution in [0.3, 0.4) is 0 Å². The Hall–Kier alpha value is -2.21. The number of aryl methyl sites for hydroxylation is 2. The third-order valence-electron chi connectivity index (χ3n) is 2.94. The molecule has 1 heterocycles. The molecule has 0 aliphatic rings. The van der Waals surface area contributed by atoms with E-state index in [4.69, 9.17) is 12.2 Å². The first-order valence-electron chi connectivity index (χ1n) is 6.02. The number of nitrogens with zero attached hydrogens (tertiary/aromatic N) is 2. The molecule has 0 fully saturated rings. The van der Waals surface area contributed by atoms with Crippen molar-refractivity contribution in [1.29, 1.82) is 0 Å². The normalized spacial score (nSPS) is 10.3. The smallest absolute Gasteiger partial charge is 0.132 e. The summed E-state index contributed by atoms with van der Waals surface area (Å²) in [7, 11) is 0. The molecule has 0 amide bonds. The Morgan fingerprint density at radius 3 is 2.83 bits per heavy atom. The highest BCUT2D eigenvalue weighted by molar-refractivity contribution is 5.71. The molecule has 3 heteroatoms. The number of nitrogens with two attached hydrogens (primary N) is 1. The van der Waals surface area contributed by atoms with E-state index in [0.717, 1.165) is 23.5 Å². The van der Waals surface area contributed by atoms with E-state index < -0.39 is 0 Å². The molecule has 0 aliphatic carbocycles. The van der Waals surface area contributed by atoms with Crippen LogP contribution in [0.2, 0.25) is 0 Å². The third kappa shape index (κ3) is 2.10. The Kier molecular flexibility index (Phi) is 3.38. The second-order valence-electron chi connectivity index (χ2n) is 4.28. The molecular weight excluding hydrogens is 222 g/mol. The van der Waals surface area contributed by atoms with Gasteiger partial charge in [0.25, 0.3) is 0 Å². The van der Waals surface area contributed by atoms with Crippen molar-refractivity contribution >= 4 is 5.82 Å². The fourth-order valence-electron chi connectivity index (χ4n) is 2.06. The topological polar surface area (TPSA) is 43.8 Å². The summed E-state index contributed by atoms with van der Waals surface area (Å²) < 4.78 is 1.90. The van der Waals surface area contributed by atoms with Crippen molar-refractivity contribution in [3.8, 4) is 23.6 Å². The molecule has 2 rings (SSSR count). The average molecular weight is 239 g/mol. The van der Waals surface area contributed by atoms with Crippen LogP contribution in [-0.4, -0.2) is 9.55 Å². The Morgan fingerprint density at radius 2 is 2.22 bits per heavy atom. The van der Waals surface area contributed by atoms with Gasteiger partial charge < -0.3 is 10.3 Å². The highest BCUT2D eigenvalue weighted by Gasteiger charge is 2.14. The lowest BCUT2D eigenvalue weighted by Crippen LogP contribution is -2.05. The van der Waals surface area contributed by atoms with Gasteiger partial charge in [-0.2, -0.15) is 0 Å². The van der Waals surface area contributed by atoms with E-state index in [-0.39, 0.29) is 0 Å². The molecule has 2 N–H and O–H groups in total. The van der Waals surface area contributed by atoms with E-state index in [1.54, 1.807) is 0 Å². The first kappa shape index (κ1) is 12.3. The summed E-state index contributed by atoms with van der Waals surface area (Å²) in [5.74, 6) is 4.20. The van der Waals surface area contributed by atoms with Crippen molar-refractivity contribution in [3.63, 3.8) is 0 Å². The predicted molar refractivity (Wildman–Crippen MR) is 75.0 cm³/mol. The fourth-order valence-corrected chi connectivity index (χ4v) is 2.06. The fraction of sp³-hybridized carbons (Fsp3) is 0.267. The van der Waals surface area contributed by atoms with Crippen LogP contribution in [0.4, 0.5) is 5.82 Å². The van der Waals surface area contributed by atoms with Gasteiger partial charge in [-0.05, 0) is 13.0 Å². The lowest BCUT2D eigenvalue weighted by Gasteiger charge is -2.04. The van der Waals surface area contributed by atoms with Crippen LogP contribution in [0.15, 0.2) is 24.3 Å². The first-order valence-corrected chi connectivity index (χ1v) is 6.02. The largest absolute Gasteiger partial charge is 0.383 e. The zero-order valence-corrected chi connectivity index (χ0v) is 10.8. The molecule has 0 atom stereocenters. The summed E-state index contributed by atoms with van der Waals surface area (Å²) in [6, 6.07) is 8.17. The summed E-state index contributed by atoms with van der Waals surface area (Å²) in [5.41, 5.74) is 9.21. The third-order valence-corrected chi connectivity index (χ3v) is 2.94. The minimum atomic E-state index is 0.466. The summed E-state index contributed by atoms with van der Waals surface area (Å²) in [6.07, 6.45) is 6.19. The molecule has 2 aromatic rings. The summed E-state index contributed by atoms with van der Waals surface area (Å²) in [6.45, 7) is 4.57. The van der Waals surface area contributed by atoms with Gasteiger partial charge in [-0.15, -0.1) is 6.42 Å². The number of terminal acetylenes is 1. The second kappa shape index (κ2) is 4.97. The minimum absolute atomic E-state index is 0.466. The molecule has 3 nitrogen and oxygen atoms in total. The summed E-state index contributed by atoms with van der Waals surface area (Å²) in [5, 5.41) is 0. The van der Waals surface area contributed by atoms with Crippen molar-refractivity contribution < 1.29 is 0 Å². The van der Waals surface area contributed by atoms with E-state index in [1.165, 1.54) is 5.56 Å². The molecule has 0 saturated heterocycles. The summed E-state index contributed by atoms with van der Waals surface area (Å²) in [4.78, 5) is 4.60. The van der Waals surface area contributed by atoms with Crippen molar-refractivity contribution in [2.45, 2.75) is 26.8 Å². The van der Waals surface area contributed by atoms with E-state index in [0.29, 0.717) is 12.4 Å². The van der Waals surface area contributed by atoms with Gasteiger partial charge in [0.05, 0.1) is 6.54 Å². The maximum Gasteiger partial charge on any atom is 0.132 e. The second-order valence-corrected chi connectivity index (χ2v) is 4.28. The zero-order chi connectivity index (χ0) is 13.1. The number of benzene rings is 1. The predicted octanol–water partition coefficient (Wildman–Crippen LogP) is 2.64. The number of imidazole rings is 1. The highest BCUT2D eigenvalue weighted by Crippen LogP contribution is 2.27. The van der Waals surface area contributed by atoms with Gasteiger partial charge >= 0.3 is 0 Å². The Labute approximate surface area is 108 Å². The van der Waals surface area contributed by atoms with Gasteiger partial charge in [0, 0.05) is 12.0 Å². The number of hydrogen-bond donors (Lipinski definition) is 1. The lowest BCUT2D eigenvalue weighted by molar-refractivity contribution is 0.769. The molecule has 18 heavy (non-hydrogen) atoms. The van der Waals surface area contributed by atoms with Crippen LogP contribution in [0.25, 0.3) is 11.3 Å². The monoisotopic (exact) mass is 239 g/mol. The molecule has 0 radical (unpaired) electrons. The van der Waals surface area contributed by atoms with Crippen LogP contribution in [0.1, 0.15) is 18.3 Å². The lowest BCUT2D eigenvalue weighted by atomic mass is 10.1. The van der Waals surface area contributed by atoms with Crippen LogP contribution in [0.5, 0.6) is 0 Å². The molecule has 92 valence electrons. The van der Waals surface area contributed by atoms with Crippen LogP contribution in [-0.2, 0) is 13.0 Å². The van der Waals surface area contributed by atoms with Crippen molar-refractivity contribution in [2.75, 3.05) is 5.73 Å². The van der Waals surface area contributed by atoms with E-state index in [2.05, 4.69) is 36.9 Å². The maximum absolute atomic E-state index is 6.15. The van der Waals surface area contributed by atoms with Crippen molar-refractivity contribution in [2.24, 2.45) is 0 Å². The number of aromatic nitrogens is 2. The Balaban J connectivity index is 2.56. The Morgan fingerprint density at radius 1 is 1.44 bits per heavy atom. The van der Waals surface area contributed by atoms with Gasteiger partial charge in [-0.1, -0.05) is 36.6 Å². The minimum Gasteiger partial charge on any atom is -0.383 e. The molecule has 0 spiro atoms. The van der Waals surface area contributed by atoms with Crippen molar-refractivity contribution in [1.82, 2.24) is 9.55 Å². The standard InChI is InChI=1S/C15H17N3/c1-4-9-18-13(5-2)17-14(15(18)16)12-8-6-7-11(3)10-12/h1,6-8,10H,5,9,16H2,2-3H3. The highest BCUT2D eigenvalue weighted by atomic mass is 15.1. The molecular formula is C15H17N3. The van der Waals surface area contributed by atoms with Crippen LogP contribution in [0, 0.1) is 19.3 Å². The van der Waals surface area contributed by atoms with Crippen LogP contribution < -0.4 is 5.73 Å². The van der Waals surface area contributed by atoms with E-state index in [1.807, 2.05) is 16.7 Å².